The number of nitrogens with one attached hydrogen (secondary N) is 5. The van der Waals surface area contributed by atoms with E-state index < -0.39 is 47.4 Å². The molecule has 0 aliphatic heterocycles. The number of ether oxygens (including phenoxy) is 1. The Hall–Kier alpha value is -11.7. The number of esters is 1. The number of carboxylic acid groups (broad SMARTS) is 2. The number of fused-ring (bicyclic) bond motifs is 2. The normalized spacial score (nSPS) is 13.3. The fourth-order valence-electron chi connectivity index (χ4n) is 10.4. The van der Waals surface area contributed by atoms with Crippen molar-refractivity contribution < 1.29 is 66.5 Å². The summed E-state index contributed by atoms with van der Waals surface area (Å²) in [5, 5.41) is 31.9. The number of aromatic carboxylic acids is 2. The Labute approximate surface area is 529 Å². The highest BCUT2D eigenvalue weighted by Gasteiger charge is 2.31. The molecule has 3 aromatic heterocycles. The summed E-state index contributed by atoms with van der Waals surface area (Å²) in [5.74, 6) is -7.16. The molecule has 0 fully saturated rings. The fraction of sp³-hybridized carbons (Fsp3) is 0.231. The summed E-state index contributed by atoms with van der Waals surface area (Å²) in [6.45, 7) is 8.94. The number of halogens is 3. The number of rotatable bonds is 16. The van der Waals surface area contributed by atoms with Crippen LogP contribution >= 0.6 is 0 Å². The molecule has 28 heteroatoms. The van der Waals surface area contributed by atoms with Gasteiger partial charge in [-0.05, 0) is 157 Å². The Morgan fingerprint density at radius 2 is 0.774 bits per heavy atom. The van der Waals surface area contributed by atoms with Crippen LogP contribution in [0.5, 0.6) is 0 Å². The van der Waals surface area contributed by atoms with Gasteiger partial charge < -0.3 is 58.7 Å². The third-order valence-corrected chi connectivity index (χ3v) is 15.3. The van der Waals surface area contributed by atoms with Gasteiger partial charge in [-0.2, -0.15) is 0 Å². The number of anilines is 3. The van der Waals surface area contributed by atoms with Gasteiger partial charge in [0, 0.05) is 37.8 Å². The van der Waals surface area contributed by atoms with Crippen molar-refractivity contribution in [3.8, 4) is 0 Å². The first-order valence-electron chi connectivity index (χ1n) is 28.6. The molecule has 2 aliphatic rings. The minimum atomic E-state index is -1.31. The number of carbonyl (C=O) groups excluding carboxylic acids is 6. The van der Waals surface area contributed by atoms with Crippen LogP contribution in [0.1, 0.15) is 175 Å². The molecule has 25 nitrogen and oxygen atoms in total. The second-order valence-corrected chi connectivity index (χ2v) is 21.6. The molecule has 2 atom stereocenters. The second kappa shape index (κ2) is 29.3. The summed E-state index contributed by atoms with van der Waals surface area (Å²) < 4.78 is 44.9. The molecule has 5 aromatic carbocycles. The van der Waals surface area contributed by atoms with E-state index in [0.29, 0.717) is 70.2 Å². The van der Waals surface area contributed by atoms with Crippen LogP contribution in [0.25, 0.3) is 0 Å². The van der Waals surface area contributed by atoms with Gasteiger partial charge in [-0.3, -0.25) is 24.0 Å². The Bertz CT molecular complexity index is 4320. The van der Waals surface area contributed by atoms with Crippen molar-refractivity contribution in [3.05, 3.63) is 227 Å². The summed E-state index contributed by atoms with van der Waals surface area (Å²) in [6, 6.07) is 23.2. The van der Waals surface area contributed by atoms with Gasteiger partial charge in [0.15, 0.2) is 5.69 Å². The van der Waals surface area contributed by atoms with Crippen LogP contribution in [-0.2, 0) is 37.2 Å². The lowest BCUT2D eigenvalue weighted by Crippen LogP contribution is -2.30. The SMILES string of the molecule is COC(=O)c1ccc2c(c1C)CC[C@@H]2NC(=O)c1cc(C(=O)NCc2ccc(F)c(C)c2)nc(N)n1.Cc1cc(CNC(=O)c2cc(C(=O)N[C@H]3CCc4c3ccc(C(=O)O)c4C)nc(N)n2)ccc1F.Cc1cc(CNC(=O)c2cc(C(=O)O)nc(N)n2)ccc1F. The number of amides is 5. The first-order valence-corrected chi connectivity index (χ1v) is 28.6. The van der Waals surface area contributed by atoms with Gasteiger partial charge >= 0.3 is 17.9 Å². The number of nitrogens with two attached hydrogens (primary N) is 3. The zero-order valence-electron chi connectivity index (χ0n) is 51.0. The molecule has 8 aromatic rings. The number of nitrogen functional groups attached to an aromatic ring is 3. The predicted octanol–water partition coefficient (Wildman–Crippen LogP) is 6.94. The predicted molar refractivity (Wildman–Crippen MR) is 331 cm³/mol. The zero-order chi connectivity index (χ0) is 67.5. The van der Waals surface area contributed by atoms with Gasteiger partial charge in [-0.15, -0.1) is 0 Å². The van der Waals surface area contributed by atoms with Crippen LogP contribution in [0.3, 0.4) is 0 Å². The van der Waals surface area contributed by atoms with Gasteiger partial charge in [-0.25, -0.2) is 57.5 Å². The first kappa shape index (κ1) is 67.2. The van der Waals surface area contributed by atoms with Crippen LogP contribution in [-0.4, -0.2) is 94.7 Å². The Morgan fingerprint density at radius 1 is 0.452 bits per heavy atom. The van der Waals surface area contributed by atoms with Crippen molar-refractivity contribution in [1.29, 1.82) is 0 Å². The standard InChI is InChI=1S/C26H26FN5O4.C25H24FN5O4.C14H13FN4O3/c1-13-10-15(4-8-19(13)27)12-29-23(33)21-11-22(32-26(28)31-21)24(34)30-20-9-7-16-14(2)17(25(35)36-3)5-6-18(16)20;1-12-9-14(3-7-18(12)26)11-28-22(32)20-10-21(31-25(27)30-20)23(33)29-19-8-6-15-13(2)16(24(34)35)4-5-17(15)19;1-7-4-8(2-3-9(7)15)6-17-12(20)10-5-11(13(21)22)19-14(16)18-10/h4-6,8,10-11,20H,7,9,12H2,1-3H3,(H,29,33)(H,30,34)(H2,28,31,32);3-5,7,9-10,19H,6,8,11H2,1-2H3,(H,28,32)(H,29,33)(H,34,35)(H2,27,30,31);2-5H,6H2,1H3,(H,17,20)(H,21,22)(H2,16,18,19)/t20-;19-;/m00./s1. The molecule has 0 spiro atoms. The van der Waals surface area contributed by atoms with Gasteiger partial charge in [-0.1, -0.05) is 48.5 Å². The Morgan fingerprint density at radius 3 is 1.11 bits per heavy atom. The maximum atomic E-state index is 13.5. The molecule has 480 valence electrons. The monoisotopic (exact) mass is 1270 g/mol. The summed E-state index contributed by atoms with van der Waals surface area (Å²) in [7, 11) is 1.34. The molecule has 93 heavy (non-hydrogen) atoms. The minimum Gasteiger partial charge on any atom is -0.478 e. The third kappa shape index (κ3) is 16.6. The minimum absolute atomic E-state index is 0.0402. The molecule has 0 saturated carbocycles. The van der Waals surface area contributed by atoms with Gasteiger partial charge in [0.05, 0.1) is 30.3 Å². The summed E-state index contributed by atoms with van der Waals surface area (Å²) in [6.07, 6.45) is 2.59. The van der Waals surface area contributed by atoms with E-state index in [1.807, 2.05) is 13.0 Å². The van der Waals surface area contributed by atoms with E-state index in [0.717, 1.165) is 33.9 Å². The summed E-state index contributed by atoms with van der Waals surface area (Å²) in [5.41, 5.74) is 25.6. The average Bonchev–Trinajstić information content (AvgIpc) is 1.69. The fourth-order valence-corrected chi connectivity index (χ4v) is 10.4. The smallest absolute Gasteiger partial charge is 0.354 e. The van der Waals surface area contributed by atoms with Gasteiger partial charge in [0.2, 0.25) is 17.8 Å². The molecule has 2 aliphatic carbocycles. The number of hydrogen-bond donors (Lipinski definition) is 10. The van der Waals surface area contributed by atoms with Gasteiger partial charge in [0.25, 0.3) is 29.5 Å². The topological polar surface area (TPSA) is 402 Å². The molecular formula is C65H63F3N14O11. The number of carboxylic acids is 2. The molecule has 0 saturated heterocycles. The van der Waals surface area contributed by atoms with Crippen LogP contribution in [0, 0.1) is 52.1 Å². The van der Waals surface area contributed by atoms with E-state index in [-0.39, 0.29) is 107 Å². The van der Waals surface area contributed by atoms with Gasteiger partial charge in [0.1, 0.15) is 45.9 Å². The Kier molecular flexibility index (Phi) is 21.2. The number of hydrogen-bond acceptors (Lipinski definition) is 18. The first-order chi connectivity index (χ1) is 44.2. The van der Waals surface area contributed by atoms with Crippen molar-refractivity contribution in [2.75, 3.05) is 24.3 Å². The van der Waals surface area contributed by atoms with Crippen LogP contribution in [0.4, 0.5) is 31.0 Å². The number of carbonyl (C=O) groups is 8. The van der Waals surface area contributed by atoms with Crippen molar-refractivity contribution in [3.63, 3.8) is 0 Å². The maximum absolute atomic E-state index is 13.5. The highest BCUT2D eigenvalue weighted by Crippen LogP contribution is 2.36. The number of aryl methyl sites for hydroxylation is 3. The third-order valence-electron chi connectivity index (χ3n) is 15.3. The van der Waals surface area contributed by atoms with E-state index in [4.69, 9.17) is 27.0 Å². The lowest BCUT2D eigenvalue weighted by molar-refractivity contribution is 0.0597. The van der Waals surface area contributed by atoms with Crippen LogP contribution in [0.15, 0.2) is 97.1 Å². The highest BCUT2D eigenvalue weighted by atomic mass is 19.1. The molecule has 5 amide bonds. The number of aromatic nitrogens is 6. The van der Waals surface area contributed by atoms with Crippen molar-refractivity contribution >= 4 is 65.3 Å². The van der Waals surface area contributed by atoms with E-state index in [2.05, 4.69) is 56.5 Å². The number of nitrogens with zero attached hydrogens (tertiary/aromatic N) is 6. The van der Waals surface area contributed by atoms with Crippen molar-refractivity contribution in [2.45, 2.75) is 92.0 Å². The molecule has 0 radical (unpaired) electrons. The lowest BCUT2D eigenvalue weighted by atomic mass is 9.98. The molecule has 13 N–H and O–H groups in total. The maximum Gasteiger partial charge on any atom is 0.354 e. The molecular weight excluding hydrogens is 1210 g/mol. The lowest BCUT2D eigenvalue weighted by Gasteiger charge is -2.16. The summed E-state index contributed by atoms with van der Waals surface area (Å²) in [4.78, 5) is 120. The van der Waals surface area contributed by atoms with Crippen molar-refractivity contribution in [2.24, 2.45) is 0 Å². The zero-order valence-corrected chi connectivity index (χ0v) is 51.0. The quantitative estimate of drug-likeness (QED) is 0.0438. The molecule has 0 unspecified atom stereocenters. The Balaban J connectivity index is 0.000000185. The molecule has 10 rings (SSSR count). The largest absolute Gasteiger partial charge is 0.478 e. The number of benzene rings is 5. The van der Waals surface area contributed by atoms with Crippen LogP contribution < -0.4 is 43.8 Å². The average molecular weight is 1270 g/mol. The van der Waals surface area contributed by atoms with E-state index in [9.17, 15) is 56.6 Å². The van der Waals surface area contributed by atoms with E-state index in [1.165, 1.54) is 43.5 Å². The molecule has 0 bridgehead atoms. The second-order valence-electron chi connectivity index (χ2n) is 21.6. The molecule has 3 heterocycles. The highest BCUT2D eigenvalue weighted by molar-refractivity contribution is 5.99. The number of methoxy groups -OCH3 is 1. The van der Waals surface area contributed by atoms with E-state index in [1.54, 1.807) is 76.2 Å². The summed E-state index contributed by atoms with van der Waals surface area (Å²) >= 11 is 0. The van der Waals surface area contributed by atoms with Crippen molar-refractivity contribution in [1.82, 2.24) is 56.5 Å². The van der Waals surface area contributed by atoms with Crippen LogP contribution in [0.2, 0.25) is 0 Å². The van der Waals surface area contributed by atoms with E-state index >= 15 is 0 Å².